The molecule has 0 bridgehead atoms. The number of halogens is 1. The Kier molecular flexibility index (Phi) is 2.97. The molecule has 0 amide bonds. The normalized spacial score (nSPS) is 10.0. The van der Waals surface area contributed by atoms with Crippen molar-refractivity contribution >= 4 is 5.97 Å². The van der Waals surface area contributed by atoms with Gasteiger partial charge in [0.2, 0.25) is 0 Å². The largest absolute Gasteiger partial charge is 0.564 e. The highest BCUT2D eigenvalue weighted by atomic mass is 19.1. The van der Waals surface area contributed by atoms with Crippen LogP contribution in [0.3, 0.4) is 0 Å². The zero-order chi connectivity index (χ0) is 9.84. The van der Waals surface area contributed by atoms with E-state index in [1.165, 1.54) is 12.1 Å². The van der Waals surface area contributed by atoms with Gasteiger partial charge in [-0.3, -0.25) is 0 Å². The maximum atomic E-state index is 13.2. The molecule has 0 saturated carbocycles. The molecular formula is C9H10FO3+. The van der Waals surface area contributed by atoms with E-state index in [0.717, 1.165) is 0 Å². The van der Waals surface area contributed by atoms with E-state index in [1.54, 1.807) is 6.07 Å². The Labute approximate surface area is 74.4 Å². The lowest BCUT2D eigenvalue weighted by Gasteiger charge is -2.01. The Morgan fingerprint density at radius 3 is 2.62 bits per heavy atom. The van der Waals surface area contributed by atoms with Gasteiger partial charge in [0, 0.05) is 15.9 Å². The zero-order valence-corrected chi connectivity index (χ0v) is 6.88. The van der Waals surface area contributed by atoms with Gasteiger partial charge in [0.15, 0.2) is 0 Å². The van der Waals surface area contributed by atoms with Gasteiger partial charge in [-0.25, -0.2) is 4.39 Å². The number of benzene rings is 1. The van der Waals surface area contributed by atoms with Crippen LogP contribution >= 0.6 is 0 Å². The summed E-state index contributed by atoms with van der Waals surface area (Å²) in [4.78, 5) is 10.4. The van der Waals surface area contributed by atoms with Crippen LogP contribution in [-0.4, -0.2) is 16.2 Å². The second kappa shape index (κ2) is 4.00. The van der Waals surface area contributed by atoms with Crippen molar-refractivity contribution in [1.29, 1.82) is 0 Å². The fourth-order valence-corrected chi connectivity index (χ4v) is 1.06. The van der Waals surface area contributed by atoms with E-state index in [1.807, 2.05) is 0 Å². The van der Waals surface area contributed by atoms with Gasteiger partial charge in [0.05, 0.1) is 6.61 Å². The Morgan fingerprint density at radius 2 is 2.08 bits per heavy atom. The summed E-state index contributed by atoms with van der Waals surface area (Å²) in [6.45, 7) is -0.397. The van der Waals surface area contributed by atoms with Crippen molar-refractivity contribution in [3.63, 3.8) is 0 Å². The van der Waals surface area contributed by atoms with Crippen LogP contribution in [0.5, 0.6) is 0 Å². The first kappa shape index (κ1) is 9.67. The average molecular weight is 185 g/mol. The molecule has 0 aromatic heterocycles. The monoisotopic (exact) mass is 185 g/mol. The third kappa shape index (κ3) is 2.26. The Hall–Kier alpha value is -1.42. The summed E-state index contributed by atoms with van der Waals surface area (Å²) in [5.41, 5.74) is 0.310. The van der Waals surface area contributed by atoms with Crippen molar-refractivity contribution in [3.05, 3.63) is 35.1 Å². The fourth-order valence-electron chi connectivity index (χ4n) is 1.06. The number of carbonyl (C=O) groups is 1. The van der Waals surface area contributed by atoms with E-state index in [0.29, 0.717) is 0 Å². The van der Waals surface area contributed by atoms with Gasteiger partial charge in [-0.1, -0.05) is 18.2 Å². The van der Waals surface area contributed by atoms with Crippen molar-refractivity contribution in [2.45, 2.75) is 13.0 Å². The van der Waals surface area contributed by atoms with Crippen molar-refractivity contribution in [3.8, 4) is 0 Å². The number of carbonyl (C=O) groups excluding carboxylic acids is 1. The minimum atomic E-state index is -0.839. The van der Waals surface area contributed by atoms with Crippen LogP contribution < -0.4 is 0 Å². The average Bonchev–Trinajstić information content (AvgIpc) is 2.08. The van der Waals surface area contributed by atoms with Crippen LogP contribution in [0.25, 0.3) is 0 Å². The number of aliphatic hydroxyl groups is 1. The van der Waals surface area contributed by atoms with E-state index in [9.17, 15) is 9.18 Å². The van der Waals surface area contributed by atoms with E-state index in [-0.39, 0.29) is 17.5 Å². The molecule has 3 N–H and O–H groups in total. The van der Waals surface area contributed by atoms with E-state index in [4.69, 9.17) is 10.2 Å². The molecule has 70 valence electrons. The summed E-state index contributed by atoms with van der Waals surface area (Å²) in [5.74, 6) is -1.43. The van der Waals surface area contributed by atoms with Gasteiger partial charge in [-0.2, -0.15) is 0 Å². The van der Waals surface area contributed by atoms with Crippen LogP contribution in [-0.2, 0) is 17.8 Å². The third-order valence-corrected chi connectivity index (χ3v) is 1.68. The summed E-state index contributed by atoms with van der Waals surface area (Å²) in [7, 11) is 0. The van der Waals surface area contributed by atoms with Gasteiger partial charge in [0.25, 0.3) is 0 Å². The first-order valence-electron chi connectivity index (χ1n) is 3.76. The molecule has 1 aromatic carbocycles. The summed E-state index contributed by atoms with van der Waals surface area (Å²) >= 11 is 0. The van der Waals surface area contributed by atoms with Gasteiger partial charge in [0.1, 0.15) is 12.2 Å². The Balaban J connectivity index is 3.01. The fraction of sp³-hybridized carbons (Fsp3) is 0.222. The molecule has 1 aromatic rings. The van der Waals surface area contributed by atoms with E-state index < -0.39 is 18.4 Å². The van der Waals surface area contributed by atoms with Gasteiger partial charge in [-0.05, 0) is 0 Å². The van der Waals surface area contributed by atoms with Crippen molar-refractivity contribution in [2.24, 2.45) is 0 Å². The maximum Gasteiger partial charge on any atom is 0.520 e. The third-order valence-electron chi connectivity index (χ3n) is 1.68. The summed E-state index contributed by atoms with van der Waals surface area (Å²) in [6.07, 6.45) is -0.250. The minimum Gasteiger partial charge on any atom is -0.564 e. The van der Waals surface area contributed by atoms with Crippen LogP contribution in [0.1, 0.15) is 11.1 Å². The molecule has 3 nitrogen and oxygen atoms in total. The zero-order valence-electron chi connectivity index (χ0n) is 6.88. The predicted molar refractivity (Wildman–Crippen MR) is 44.6 cm³/mol. The van der Waals surface area contributed by atoms with Crippen LogP contribution in [0, 0.1) is 5.82 Å². The number of hydrogen-bond acceptors (Lipinski definition) is 2. The lowest BCUT2D eigenvalue weighted by Crippen LogP contribution is -2.04. The van der Waals surface area contributed by atoms with Gasteiger partial charge in [-0.15, -0.1) is 0 Å². The summed E-state index contributed by atoms with van der Waals surface area (Å²) in [6, 6.07) is 4.42. The Morgan fingerprint density at radius 1 is 1.46 bits per heavy atom. The number of hydrogen-bond donors (Lipinski definition) is 1. The molecule has 4 heteroatoms. The van der Waals surface area contributed by atoms with Crippen molar-refractivity contribution in [2.75, 3.05) is 0 Å². The van der Waals surface area contributed by atoms with Gasteiger partial charge < -0.3 is 10.2 Å². The molecule has 0 aliphatic heterocycles. The number of rotatable bonds is 3. The summed E-state index contributed by atoms with van der Waals surface area (Å²) < 4.78 is 13.2. The highest BCUT2D eigenvalue weighted by molar-refractivity contribution is 5.70. The van der Waals surface area contributed by atoms with Crippen molar-refractivity contribution in [1.82, 2.24) is 0 Å². The van der Waals surface area contributed by atoms with E-state index >= 15 is 0 Å². The lowest BCUT2D eigenvalue weighted by molar-refractivity contribution is -0.136. The van der Waals surface area contributed by atoms with Crippen LogP contribution in [0.15, 0.2) is 18.2 Å². The molecule has 0 saturated heterocycles. The number of aliphatic hydroxyl groups excluding tert-OH is 1. The van der Waals surface area contributed by atoms with Crippen molar-refractivity contribution < 1.29 is 19.4 Å². The first-order valence-corrected chi connectivity index (χ1v) is 3.76. The maximum absolute atomic E-state index is 13.2. The Bertz CT molecular complexity index is 323. The molecule has 13 heavy (non-hydrogen) atoms. The molecule has 0 aliphatic carbocycles. The highest BCUT2D eigenvalue weighted by Crippen LogP contribution is 2.13. The van der Waals surface area contributed by atoms with Crippen LogP contribution in [0.2, 0.25) is 0 Å². The standard InChI is InChI=1S/C9H9FO3/c10-9-6(4-8(12)13)2-1-3-7(9)5-11/h1-3,11H,4-5H2,(H,12,13)/p+1. The molecule has 0 fully saturated rings. The molecule has 1 rings (SSSR count). The molecule has 0 atom stereocenters. The lowest BCUT2D eigenvalue weighted by atomic mass is 10.1. The molecule has 0 aliphatic rings. The molecule has 0 spiro atoms. The summed E-state index contributed by atoms with van der Waals surface area (Å²) in [5, 5.41) is 15.4. The molecule has 0 unspecified atom stereocenters. The van der Waals surface area contributed by atoms with Crippen LogP contribution in [0.4, 0.5) is 4.39 Å². The smallest absolute Gasteiger partial charge is 0.520 e. The van der Waals surface area contributed by atoms with E-state index in [2.05, 4.69) is 0 Å². The molecule has 0 radical (unpaired) electrons. The quantitative estimate of drug-likeness (QED) is 0.679. The van der Waals surface area contributed by atoms with Gasteiger partial charge >= 0.3 is 5.97 Å². The SMILES string of the molecule is O=C([OH2+])Cc1cccc(CO)c1F. The topological polar surface area (TPSA) is 60.2 Å². The first-order chi connectivity index (χ1) is 6.15. The molecule has 0 heterocycles. The second-order valence-corrected chi connectivity index (χ2v) is 2.65. The highest BCUT2D eigenvalue weighted by Gasteiger charge is 2.14. The predicted octanol–water partition coefficient (Wildman–Crippen LogP) is 0.112. The molecular weight excluding hydrogens is 175 g/mol. The minimum absolute atomic E-state index is 0.152. The second-order valence-electron chi connectivity index (χ2n) is 2.65.